The number of nitrogens with two attached hydrogens (primary N) is 4. The van der Waals surface area contributed by atoms with Crippen molar-refractivity contribution in [3.05, 3.63) is 18.2 Å². The number of carboxylic acids is 2. The molecule has 0 aromatic carbocycles. The molecule has 18 N–H and O–H groups in total. The molecule has 1 aromatic heterocycles. The van der Waals surface area contributed by atoms with Crippen molar-refractivity contribution in [3.8, 4) is 0 Å². The Kier molecular flexibility index (Phi) is 22.3. The quantitative estimate of drug-likeness (QED) is 0.0213. The highest BCUT2D eigenvalue weighted by molar-refractivity contribution is 5.97. The first-order valence-electron chi connectivity index (χ1n) is 19.0. The summed E-state index contributed by atoms with van der Waals surface area (Å²) in [7, 11) is 0. The summed E-state index contributed by atoms with van der Waals surface area (Å²) >= 11 is 0. The number of aromatic nitrogens is 2. The number of hydrogen-bond acceptors (Lipinski definition) is 13. The molecule has 1 rings (SSSR count). The summed E-state index contributed by atoms with van der Waals surface area (Å²) < 4.78 is 0. The summed E-state index contributed by atoms with van der Waals surface area (Å²) in [6, 6.07) is -10.4. The molecule has 0 radical (unpaired) electrons. The van der Waals surface area contributed by atoms with E-state index in [4.69, 9.17) is 28.0 Å². The van der Waals surface area contributed by atoms with Gasteiger partial charge in [-0.3, -0.25) is 43.3 Å². The molecule has 0 fully saturated rings. The first-order valence-corrected chi connectivity index (χ1v) is 19.0. The second-order valence-electron chi connectivity index (χ2n) is 14.4. The third-order valence-electron chi connectivity index (χ3n) is 8.89. The zero-order valence-electron chi connectivity index (χ0n) is 33.9. The van der Waals surface area contributed by atoms with Crippen LogP contribution in [0.5, 0.6) is 0 Å². The van der Waals surface area contributed by atoms with Gasteiger partial charge in [0.15, 0.2) is 5.96 Å². The van der Waals surface area contributed by atoms with E-state index in [1.54, 1.807) is 27.7 Å². The zero-order chi connectivity index (χ0) is 45.7. The van der Waals surface area contributed by atoms with Gasteiger partial charge >= 0.3 is 11.9 Å². The third-order valence-corrected chi connectivity index (χ3v) is 8.89. The highest BCUT2D eigenvalue weighted by Gasteiger charge is 2.35. The van der Waals surface area contributed by atoms with Crippen molar-refractivity contribution in [2.45, 2.75) is 115 Å². The Morgan fingerprint density at radius 1 is 0.750 bits per heavy atom. The summed E-state index contributed by atoms with van der Waals surface area (Å²) in [5, 5.41) is 43.1. The Bertz CT molecular complexity index is 1670. The minimum Gasteiger partial charge on any atom is -0.481 e. The van der Waals surface area contributed by atoms with Crippen molar-refractivity contribution in [2.75, 3.05) is 13.2 Å². The van der Waals surface area contributed by atoms with E-state index in [1.807, 2.05) is 0 Å². The molecule has 0 saturated heterocycles. The lowest BCUT2D eigenvalue weighted by Crippen LogP contribution is -2.61. The minimum atomic E-state index is -1.71. The van der Waals surface area contributed by atoms with Crippen LogP contribution in [-0.2, 0) is 49.6 Å². The monoisotopic (exact) mass is 853 g/mol. The summed E-state index contributed by atoms with van der Waals surface area (Å²) in [5.74, 6) is -10.6. The second kappa shape index (κ2) is 25.9. The lowest BCUT2D eigenvalue weighted by molar-refractivity contribution is -0.144. The SMILES string of the molecule is CC[C@H](C)[C@H](NC(=O)[C@H](CC(C)C)NC(=O)[C@H](Cc1cnc[nH]1)NC(=O)[C@H](CO)NC(=O)[C@H](CCCN=C(N)N)NC(=O)[C@@H](N)CC(=O)O)C(=O)N[C@@H](CC(N)=O)C(=O)O. The molecule has 7 amide bonds. The predicted octanol–water partition coefficient (Wildman–Crippen LogP) is -5.24. The van der Waals surface area contributed by atoms with E-state index in [2.05, 4.69) is 46.9 Å². The molecule has 0 aliphatic carbocycles. The van der Waals surface area contributed by atoms with E-state index in [9.17, 15) is 53.4 Å². The average molecular weight is 854 g/mol. The van der Waals surface area contributed by atoms with Crippen molar-refractivity contribution in [1.29, 1.82) is 0 Å². The molecule has 60 heavy (non-hydrogen) atoms. The molecule has 0 spiro atoms. The Balaban J connectivity index is 3.36. The van der Waals surface area contributed by atoms with Crippen molar-refractivity contribution in [1.82, 2.24) is 41.9 Å². The number of imidazole rings is 1. The fourth-order valence-electron chi connectivity index (χ4n) is 5.49. The fourth-order valence-corrected chi connectivity index (χ4v) is 5.49. The number of carboxylic acid groups (broad SMARTS) is 2. The van der Waals surface area contributed by atoms with Gasteiger partial charge in [0.05, 0.1) is 31.8 Å². The number of carbonyl (C=O) groups is 9. The van der Waals surface area contributed by atoms with Gasteiger partial charge < -0.3 is 75.1 Å². The Labute approximate surface area is 345 Å². The molecule has 0 saturated carbocycles. The highest BCUT2D eigenvalue weighted by atomic mass is 16.4. The summed E-state index contributed by atoms with van der Waals surface area (Å²) in [5.41, 5.74) is 21.8. The molecular weight excluding hydrogens is 794 g/mol. The van der Waals surface area contributed by atoms with Gasteiger partial charge in [-0.05, 0) is 31.1 Å². The fraction of sp³-hybridized carbons (Fsp3) is 0.629. The molecule has 1 aromatic rings. The van der Waals surface area contributed by atoms with Gasteiger partial charge in [0, 0.05) is 24.9 Å². The van der Waals surface area contributed by atoms with E-state index < -0.39 is 121 Å². The van der Waals surface area contributed by atoms with Gasteiger partial charge in [-0.2, -0.15) is 0 Å². The average Bonchev–Trinajstić information content (AvgIpc) is 3.68. The van der Waals surface area contributed by atoms with E-state index in [-0.39, 0.29) is 44.1 Å². The van der Waals surface area contributed by atoms with Gasteiger partial charge in [-0.1, -0.05) is 34.1 Å². The lowest BCUT2D eigenvalue weighted by Gasteiger charge is -2.29. The number of H-pyrrole nitrogens is 1. The summed E-state index contributed by atoms with van der Waals surface area (Å²) in [6.45, 7) is 5.87. The molecule has 0 aliphatic heterocycles. The molecule has 0 aliphatic rings. The molecular formula is C35H59N13O12. The predicted molar refractivity (Wildman–Crippen MR) is 211 cm³/mol. The number of aliphatic hydroxyl groups excluding tert-OH is 1. The Morgan fingerprint density at radius 3 is 1.82 bits per heavy atom. The smallest absolute Gasteiger partial charge is 0.326 e. The number of aliphatic hydroxyl groups is 1. The number of aliphatic imine (C=N–C) groups is 1. The zero-order valence-corrected chi connectivity index (χ0v) is 33.9. The summed E-state index contributed by atoms with van der Waals surface area (Å²) in [4.78, 5) is 125. The first-order chi connectivity index (χ1) is 28.1. The van der Waals surface area contributed by atoms with Crippen LogP contribution in [0.3, 0.4) is 0 Å². The number of carbonyl (C=O) groups excluding carboxylic acids is 7. The second-order valence-corrected chi connectivity index (χ2v) is 14.4. The normalized spacial score (nSPS) is 15.0. The number of amides is 7. The highest BCUT2D eigenvalue weighted by Crippen LogP contribution is 2.13. The molecule has 0 unspecified atom stereocenters. The van der Waals surface area contributed by atoms with Crippen molar-refractivity contribution >= 4 is 59.2 Å². The molecule has 0 bridgehead atoms. The number of nitrogens with one attached hydrogen (secondary N) is 7. The minimum absolute atomic E-state index is 0.0261. The van der Waals surface area contributed by atoms with Crippen LogP contribution < -0.4 is 54.8 Å². The van der Waals surface area contributed by atoms with Gasteiger partial charge in [-0.15, -0.1) is 0 Å². The number of guanidine groups is 1. The standard InChI is InChI=1S/C35H59N13O12/c1-5-17(4)27(33(58)46-23(34(59)60)12-25(37)50)48-31(56)21(9-16(2)3)44-30(55)22(10-18-13-40-15-42-18)45-32(57)24(14-49)47-29(54)20(7-6-8-41-35(38)39)43-28(53)19(36)11-26(51)52/h13,15-17,19-24,27,49H,5-12,14,36H2,1-4H3,(H2,37,50)(H,40,42)(H,43,53)(H,44,55)(H,45,57)(H,46,58)(H,47,54)(H,48,56)(H,51,52)(H,59,60)(H4,38,39,41)/t17-,19-,20-,21-,22-,23-,24-,27-/m0/s1. The number of nitrogens with zero attached hydrogens (tertiary/aromatic N) is 2. The number of primary amides is 1. The van der Waals surface area contributed by atoms with Crippen LogP contribution in [0, 0.1) is 11.8 Å². The maximum atomic E-state index is 13.9. The largest absolute Gasteiger partial charge is 0.481 e. The first kappa shape index (κ1) is 51.6. The van der Waals surface area contributed by atoms with Crippen LogP contribution in [0.2, 0.25) is 0 Å². The van der Waals surface area contributed by atoms with Gasteiger partial charge in [0.25, 0.3) is 0 Å². The number of hydrogen-bond donors (Lipinski definition) is 14. The maximum absolute atomic E-state index is 13.9. The van der Waals surface area contributed by atoms with Gasteiger partial charge in [0.2, 0.25) is 41.4 Å². The number of aliphatic carboxylic acids is 2. The van der Waals surface area contributed by atoms with Crippen LogP contribution in [0.25, 0.3) is 0 Å². The van der Waals surface area contributed by atoms with Crippen LogP contribution in [0.15, 0.2) is 17.5 Å². The van der Waals surface area contributed by atoms with Crippen LogP contribution in [-0.4, -0.2) is 140 Å². The Hall–Kier alpha value is -6.37. The Morgan fingerprint density at radius 2 is 1.30 bits per heavy atom. The molecule has 8 atom stereocenters. The number of rotatable bonds is 28. The summed E-state index contributed by atoms with van der Waals surface area (Å²) in [6.07, 6.45) is 1.34. The van der Waals surface area contributed by atoms with Crippen LogP contribution in [0.1, 0.15) is 71.9 Å². The molecule has 336 valence electrons. The lowest BCUT2D eigenvalue weighted by atomic mass is 9.96. The topological polar surface area (TPSA) is 432 Å². The van der Waals surface area contributed by atoms with Crippen LogP contribution >= 0.6 is 0 Å². The van der Waals surface area contributed by atoms with Gasteiger partial charge in [-0.25, -0.2) is 9.78 Å². The van der Waals surface area contributed by atoms with Gasteiger partial charge in [0.1, 0.15) is 36.3 Å². The maximum Gasteiger partial charge on any atom is 0.326 e. The van der Waals surface area contributed by atoms with Crippen LogP contribution in [0.4, 0.5) is 0 Å². The van der Waals surface area contributed by atoms with E-state index in [0.29, 0.717) is 12.1 Å². The van der Waals surface area contributed by atoms with E-state index in [1.165, 1.54) is 12.5 Å². The number of aromatic amines is 1. The molecule has 25 heteroatoms. The van der Waals surface area contributed by atoms with E-state index >= 15 is 0 Å². The van der Waals surface area contributed by atoms with E-state index in [0.717, 1.165) is 0 Å². The molecule has 25 nitrogen and oxygen atoms in total. The third kappa shape index (κ3) is 18.9. The van der Waals surface area contributed by atoms with Crippen molar-refractivity contribution in [2.24, 2.45) is 39.8 Å². The molecule has 1 heterocycles. The van der Waals surface area contributed by atoms with Crippen molar-refractivity contribution in [3.63, 3.8) is 0 Å². The van der Waals surface area contributed by atoms with Crippen molar-refractivity contribution < 1.29 is 58.5 Å².